The highest BCUT2D eigenvalue weighted by Crippen LogP contribution is 2.28. The predicted molar refractivity (Wildman–Crippen MR) is 69.1 cm³/mol. The fourth-order valence-corrected chi connectivity index (χ4v) is 2.90. The molecule has 2 N–H and O–H groups in total. The highest BCUT2D eigenvalue weighted by molar-refractivity contribution is 8.00. The maximum atomic E-state index is 11.6. The summed E-state index contributed by atoms with van der Waals surface area (Å²) in [5.41, 5.74) is 0. The van der Waals surface area contributed by atoms with E-state index in [-0.39, 0.29) is 23.5 Å². The van der Waals surface area contributed by atoms with Crippen LogP contribution in [-0.2, 0) is 9.59 Å². The molecule has 3 unspecified atom stereocenters. The van der Waals surface area contributed by atoms with E-state index in [1.807, 2.05) is 0 Å². The van der Waals surface area contributed by atoms with Crippen molar-refractivity contribution < 1.29 is 14.7 Å². The molecule has 98 valence electrons. The van der Waals surface area contributed by atoms with Crippen LogP contribution in [-0.4, -0.2) is 34.5 Å². The first-order chi connectivity index (χ1) is 7.99. The third-order valence-electron chi connectivity index (χ3n) is 3.24. The molecule has 1 rings (SSSR count). The van der Waals surface area contributed by atoms with Gasteiger partial charge in [-0.2, -0.15) is 0 Å². The van der Waals surface area contributed by atoms with Crippen molar-refractivity contribution in [2.24, 2.45) is 11.8 Å². The molecule has 0 aromatic heterocycles. The van der Waals surface area contributed by atoms with Crippen LogP contribution in [0.5, 0.6) is 0 Å². The van der Waals surface area contributed by atoms with Crippen LogP contribution in [0.3, 0.4) is 0 Å². The van der Waals surface area contributed by atoms with Crippen molar-refractivity contribution in [2.45, 2.75) is 39.2 Å². The minimum Gasteiger partial charge on any atom is -0.481 e. The fraction of sp³-hybridized carbons (Fsp3) is 0.833. The quantitative estimate of drug-likeness (QED) is 0.789. The molecule has 17 heavy (non-hydrogen) atoms. The van der Waals surface area contributed by atoms with Gasteiger partial charge in [-0.15, -0.1) is 11.8 Å². The van der Waals surface area contributed by atoms with Gasteiger partial charge in [0.25, 0.3) is 0 Å². The first-order valence-electron chi connectivity index (χ1n) is 6.08. The van der Waals surface area contributed by atoms with Gasteiger partial charge in [0.2, 0.25) is 5.91 Å². The average molecular weight is 259 g/mol. The van der Waals surface area contributed by atoms with Crippen LogP contribution in [0.2, 0.25) is 0 Å². The molecular formula is C12H21NO3S. The van der Waals surface area contributed by atoms with E-state index in [9.17, 15) is 9.59 Å². The summed E-state index contributed by atoms with van der Waals surface area (Å²) in [6.07, 6.45) is 3.36. The van der Waals surface area contributed by atoms with E-state index in [1.165, 1.54) is 0 Å². The maximum absolute atomic E-state index is 11.6. The van der Waals surface area contributed by atoms with Crippen LogP contribution in [0.1, 0.15) is 33.1 Å². The largest absolute Gasteiger partial charge is 0.481 e. The summed E-state index contributed by atoms with van der Waals surface area (Å²) in [6, 6.07) is 0.268. The number of thioether (sulfide) groups is 1. The Hall–Kier alpha value is -0.710. The number of carboxylic acids is 1. The van der Waals surface area contributed by atoms with Gasteiger partial charge in [0.15, 0.2) is 0 Å². The van der Waals surface area contributed by atoms with Crippen molar-refractivity contribution in [2.75, 3.05) is 11.5 Å². The summed E-state index contributed by atoms with van der Waals surface area (Å²) in [4.78, 5) is 21.9. The zero-order valence-corrected chi connectivity index (χ0v) is 11.3. The zero-order chi connectivity index (χ0) is 12.8. The number of carbonyl (C=O) groups excluding carboxylic acids is 1. The average Bonchev–Trinajstić information content (AvgIpc) is 2.21. The minimum absolute atomic E-state index is 0.00925. The lowest BCUT2D eigenvalue weighted by Gasteiger charge is -2.33. The lowest BCUT2D eigenvalue weighted by atomic mass is 9.80. The zero-order valence-electron chi connectivity index (χ0n) is 10.4. The van der Waals surface area contributed by atoms with E-state index < -0.39 is 5.97 Å². The Labute approximate surface area is 107 Å². The summed E-state index contributed by atoms with van der Waals surface area (Å²) >= 11 is 1.15. The molecule has 0 radical (unpaired) electrons. The molecule has 0 spiro atoms. The van der Waals surface area contributed by atoms with Crippen molar-refractivity contribution in [1.29, 1.82) is 0 Å². The Balaban J connectivity index is 2.23. The summed E-state index contributed by atoms with van der Waals surface area (Å²) in [5.74, 6) is 0.590. The van der Waals surface area contributed by atoms with Gasteiger partial charge in [-0.3, -0.25) is 9.59 Å². The molecule has 1 aliphatic rings. The van der Waals surface area contributed by atoms with Crippen molar-refractivity contribution in [1.82, 2.24) is 5.32 Å². The summed E-state index contributed by atoms with van der Waals surface area (Å²) in [6.45, 7) is 4.42. The fourth-order valence-electron chi connectivity index (χ4n) is 2.36. The number of amides is 1. The third kappa shape index (κ3) is 5.44. The SMILES string of the molecule is CC1CCC(NC(=O)CSCC(=O)O)C(C)C1. The van der Waals surface area contributed by atoms with Gasteiger partial charge in [-0.25, -0.2) is 0 Å². The number of hydrogen-bond donors (Lipinski definition) is 2. The monoisotopic (exact) mass is 259 g/mol. The highest BCUT2D eigenvalue weighted by Gasteiger charge is 2.26. The molecule has 1 amide bonds. The topological polar surface area (TPSA) is 66.4 Å². The number of carbonyl (C=O) groups is 2. The van der Waals surface area contributed by atoms with Crippen molar-refractivity contribution in [3.05, 3.63) is 0 Å². The standard InChI is InChI=1S/C12H21NO3S/c1-8-3-4-10(9(2)5-8)13-11(14)6-17-7-12(15)16/h8-10H,3-7H2,1-2H3,(H,13,14)(H,15,16). The number of aliphatic carboxylic acids is 1. The number of nitrogens with one attached hydrogen (secondary N) is 1. The van der Waals surface area contributed by atoms with Crippen LogP contribution in [0, 0.1) is 11.8 Å². The molecular weight excluding hydrogens is 238 g/mol. The Morgan fingerprint density at radius 2 is 2.00 bits per heavy atom. The molecule has 0 aromatic carbocycles. The molecule has 0 aromatic rings. The minimum atomic E-state index is -0.873. The normalized spacial score (nSPS) is 28.7. The van der Waals surface area contributed by atoms with Crippen molar-refractivity contribution >= 4 is 23.6 Å². The number of hydrogen-bond acceptors (Lipinski definition) is 3. The molecule has 1 saturated carbocycles. The summed E-state index contributed by atoms with van der Waals surface area (Å²) < 4.78 is 0. The predicted octanol–water partition coefficient (Wildman–Crippen LogP) is 1.75. The van der Waals surface area contributed by atoms with Crippen LogP contribution < -0.4 is 5.32 Å². The maximum Gasteiger partial charge on any atom is 0.313 e. The van der Waals surface area contributed by atoms with Crippen molar-refractivity contribution in [3.8, 4) is 0 Å². The number of rotatable bonds is 5. The van der Waals surface area contributed by atoms with Gasteiger partial charge in [-0.05, 0) is 31.1 Å². The molecule has 0 saturated heterocycles. The molecule has 1 aliphatic carbocycles. The van der Waals surface area contributed by atoms with Crippen molar-refractivity contribution in [3.63, 3.8) is 0 Å². The van der Waals surface area contributed by atoms with E-state index in [0.29, 0.717) is 5.92 Å². The van der Waals surface area contributed by atoms with E-state index in [2.05, 4.69) is 19.2 Å². The Bertz CT molecular complexity index is 283. The van der Waals surface area contributed by atoms with Gasteiger partial charge in [0.1, 0.15) is 0 Å². The first kappa shape index (κ1) is 14.4. The van der Waals surface area contributed by atoms with E-state index in [0.717, 1.165) is 36.9 Å². The highest BCUT2D eigenvalue weighted by atomic mass is 32.2. The molecule has 4 nitrogen and oxygen atoms in total. The Morgan fingerprint density at radius 3 is 2.59 bits per heavy atom. The van der Waals surface area contributed by atoms with Gasteiger partial charge in [0, 0.05) is 6.04 Å². The first-order valence-corrected chi connectivity index (χ1v) is 7.23. The molecule has 0 aliphatic heterocycles. The smallest absolute Gasteiger partial charge is 0.313 e. The second-order valence-corrected chi connectivity index (χ2v) is 5.94. The molecule has 0 bridgehead atoms. The Morgan fingerprint density at radius 1 is 1.29 bits per heavy atom. The molecule has 5 heteroatoms. The van der Waals surface area contributed by atoms with Gasteiger partial charge < -0.3 is 10.4 Å². The summed E-state index contributed by atoms with van der Waals surface area (Å²) in [7, 11) is 0. The Kier molecular flexibility index (Phi) is 5.82. The van der Waals surface area contributed by atoms with Crippen LogP contribution in [0.15, 0.2) is 0 Å². The lowest BCUT2D eigenvalue weighted by molar-refractivity contribution is -0.133. The molecule has 1 fully saturated rings. The van der Waals surface area contributed by atoms with Gasteiger partial charge in [-0.1, -0.05) is 13.8 Å². The van der Waals surface area contributed by atoms with Crippen LogP contribution >= 0.6 is 11.8 Å². The third-order valence-corrected chi connectivity index (χ3v) is 4.15. The van der Waals surface area contributed by atoms with Crippen LogP contribution in [0.25, 0.3) is 0 Å². The molecule has 0 heterocycles. The van der Waals surface area contributed by atoms with Gasteiger partial charge >= 0.3 is 5.97 Å². The second-order valence-electron chi connectivity index (χ2n) is 4.96. The van der Waals surface area contributed by atoms with E-state index >= 15 is 0 Å². The van der Waals surface area contributed by atoms with Crippen LogP contribution in [0.4, 0.5) is 0 Å². The summed E-state index contributed by atoms with van der Waals surface area (Å²) in [5, 5.41) is 11.5. The van der Waals surface area contributed by atoms with Gasteiger partial charge in [0.05, 0.1) is 11.5 Å². The second kappa shape index (κ2) is 6.89. The van der Waals surface area contributed by atoms with E-state index in [1.54, 1.807) is 0 Å². The lowest BCUT2D eigenvalue weighted by Crippen LogP contribution is -2.43. The molecule has 3 atom stereocenters. The van der Waals surface area contributed by atoms with E-state index in [4.69, 9.17) is 5.11 Å². The number of carboxylic acid groups (broad SMARTS) is 1.